The lowest BCUT2D eigenvalue weighted by molar-refractivity contribution is -0.274. The highest BCUT2D eigenvalue weighted by Crippen LogP contribution is 2.33. The minimum Gasteiger partial charge on any atom is -0.406 e. The Morgan fingerprint density at radius 2 is 1.82 bits per heavy atom. The van der Waals surface area contributed by atoms with Gasteiger partial charge in [0.15, 0.2) is 5.65 Å². The Hall–Kier alpha value is -3.14. The van der Waals surface area contributed by atoms with Crippen molar-refractivity contribution in [2.45, 2.75) is 37.5 Å². The van der Waals surface area contributed by atoms with Crippen molar-refractivity contribution in [1.29, 1.82) is 0 Å². The van der Waals surface area contributed by atoms with E-state index in [0.29, 0.717) is 24.6 Å². The van der Waals surface area contributed by atoms with E-state index in [9.17, 15) is 18.0 Å². The molecule has 5 rings (SSSR count). The van der Waals surface area contributed by atoms with Crippen LogP contribution in [0.15, 0.2) is 36.5 Å². The lowest BCUT2D eigenvalue weighted by Crippen LogP contribution is -2.38. The molecule has 2 fully saturated rings. The van der Waals surface area contributed by atoms with E-state index in [0.717, 1.165) is 61.5 Å². The highest BCUT2D eigenvalue weighted by Gasteiger charge is 2.31. The molecule has 0 bridgehead atoms. The third-order valence-corrected chi connectivity index (χ3v) is 6.45. The number of aromatic nitrogens is 3. The molecule has 33 heavy (non-hydrogen) atoms. The number of amides is 1. The predicted octanol–water partition coefficient (Wildman–Crippen LogP) is 3.95. The number of halogens is 3. The van der Waals surface area contributed by atoms with Crippen molar-refractivity contribution in [3.63, 3.8) is 0 Å². The Morgan fingerprint density at radius 1 is 1.06 bits per heavy atom. The summed E-state index contributed by atoms with van der Waals surface area (Å²) in [4.78, 5) is 27.2. The first kappa shape index (κ1) is 21.7. The molecule has 1 atom stereocenters. The molecule has 0 saturated carbocycles. The molecule has 10 heteroatoms. The van der Waals surface area contributed by atoms with E-state index in [1.54, 1.807) is 11.1 Å². The Bertz CT molecular complexity index is 1130. The molecule has 2 saturated heterocycles. The molecule has 0 spiro atoms. The van der Waals surface area contributed by atoms with E-state index in [1.165, 1.54) is 17.7 Å². The Morgan fingerprint density at radius 3 is 2.48 bits per heavy atom. The molecule has 1 aromatic carbocycles. The smallest absolute Gasteiger partial charge is 0.406 e. The van der Waals surface area contributed by atoms with E-state index < -0.39 is 6.36 Å². The van der Waals surface area contributed by atoms with Crippen LogP contribution in [0.5, 0.6) is 5.75 Å². The summed E-state index contributed by atoms with van der Waals surface area (Å²) in [6, 6.07) is 7.09. The van der Waals surface area contributed by atoms with Gasteiger partial charge in [-0.2, -0.15) is 0 Å². The van der Waals surface area contributed by atoms with Crippen LogP contribution >= 0.6 is 0 Å². The second-order valence-electron chi connectivity index (χ2n) is 8.55. The summed E-state index contributed by atoms with van der Waals surface area (Å²) in [5.74, 6) is 1.09. The molecule has 0 radical (unpaired) electrons. The highest BCUT2D eigenvalue weighted by atomic mass is 19.4. The Labute approximate surface area is 188 Å². The first-order valence-corrected chi connectivity index (χ1v) is 11.1. The first-order chi connectivity index (χ1) is 15.9. The van der Waals surface area contributed by atoms with Gasteiger partial charge in [-0.25, -0.2) is 9.97 Å². The van der Waals surface area contributed by atoms with Gasteiger partial charge in [0.2, 0.25) is 0 Å². The fraction of sp³-hybridized carbons (Fsp3) is 0.435. The fourth-order valence-electron chi connectivity index (χ4n) is 4.75. The number of alkyl halides is 3. The largest absolute Gasteiger partial charge is 0.573 e. The van der Waals surface area contributed by atoms with Gasteiger partial charge in [-0.05, 0) is 67.6 Å². The summed E-state index contributed by atoms with van der Waals surface area (Å²) in [6.45, 7) is 3.05. The number of rotatable bonds is 4. The third kappa shape index (κ3) is 4.66. The molecule has 174 valence electrons. The summed E-state index contributed by atoms with van der Waals surface area (Å²) < 4.78 is 40.9. The highest BCUT2D eigenvalue weighted by molar-refractivity contribution is 5.94. The lowest BCUT2D eigenvalue weighted by Gasteiger charge is -2.32. The van der Waals surface area contributed by atoms with Gasteiger partial charge < -0.3 is 19.9 Å². The molecule has 7 nitrogen and oxygen atoms in total. The number of carbonyl (C=O) groups is 1. The molecule has 0 unspecified atom stereocenters. The van der Waals surface area contributed by atoms with Crippen molar-refractivity contribution in [3.8, 4) is 5.75 Å². The number of aromatic amines is 1. The quantitative estimate of drug-likeness (QED) is 0.617. The number of piperidine rings is 1. The first-order valence-electron chi connectivity index (χ1n) is 11.1. The zero-order valence-corrected chi connectivity index (χ0v) is 17.9. The van der Waals surface area contributed by atoms with Crippen LogP contribution in [0, 0.1) is 0 Å². The normalized spacial score (nSPS) is 19.8. The van der Waals surface area contributed by atoms with Crippen molar-refractivity contribution in [3.05, 3.63) is 53.5 Å². The predicted molar refractivity (Wildman–Crippen MR) is 115 cm³/mol. The minimum atomic E-state index is -4.75. The number of likely N-dealkylation sites (tertiary alicyclic amines) is 1. The van der Waals surface area contributed by atoms with Crippen molar-refractivity contribution in [2.75, 3.05) is 26.2 Å². The molecule has 2 aliphatic rings. The van der Waals surface area contributed by atoms with Crippen molar-refractivity contribution >= 4 is 17.1 Å². The minimum absolute atomic E-state index is 0.190. The summed E-state index contributed by atoms with van der Waals surface area (Å²) in [5, 5.41) is 3.36. The molecule has 4 heterocycles. The number of hydrogen-bond acceptors (Lipinski definition) is 5. The average molecular weight is 459 g/mol. The molecule has 0 aliphatic carbocycles. The van der Waals surface area contributed by atoms with Crippen LogP contribution in [0.25, 0.3) is 11.2 Å². The van der Waals surface area contributed by atoms with Crippen LogP contribution < -0.4 is 10.1 Å². The number of fused-ring (bicyclic) bond motifs is 1. The standard InChI is InChI=1S/C23H24F3N5O2/c24-23(25,26)33-17-3-1-15(2-4-17)22(32)31-11-7-14(8-12-31)18-6-10-28-21-19(18)29-20(30-21)16-5-9-27-13-16/h1-4,6,10,14,16,27H,5,7-9,11-13H2,(H,28,29,30)/t16-/m0/s1. The number of nitrogens with zero attached hydrogens (tertiary/aromatic N) is 3. The fourth-order valence-corrected chi connectivity index (χ4v) is 4.75. The van der Waals surface area contributed by atoms with Crippen LogP contribution in [0.2, 0.25) is 0 Å². The maximum atomic E-state index is 12.8. The topological polar surface area (TPSA) is 83.1 Å². The van der Waals surface area contributed by atoms with Crippen molar-refractivity contribution in [1.82, 2.24) is 25.2 Å². The molecule has 2 N–H and O–H groups in total. The van der Waals surface area contributed by atoms with E-state index in [1.807, 2.05) is 6.07 Å². The molecule has 3 aromatic rings. The van der Waals surface area contributed by atoms with Crippen LogP contribution in [0.4, 0.5) is 13.2 Å². The van der Waals surface area contributed by atoms with Gasteiger partial charge in [0.25, 0.3) is 5.91 Å². The van der Waals surface area contributed by atoms with Crippen molar-refractivity contribution in [2.24, 2.45) is 0 Å². The van der Waals surface area contributed by atoms with Gasteiger partial charge in [0.05, 0.1) is 5.52 Å². The van der Waals surface area contributed by atoms with Crippen LogP contribution in [-0.4, -0.2) is 58.3 Å². The number of benzene rings is 1. The monoisotopic (exact) mass is 459 g/mol. The second-order valence-corrected chi connectivity index (χ2v) is 8.55. The van der Waals surface area contributed by atoms with Gasteiger partial charge in [0.1, 0.15) is 11.6 Å². The molecular formula is C23H24F3N5O2. The summed E-state index contributed by atoms with van der Waals surface area (Å²) in [7, 11) is 0. The molecule has 2 aliphatic heterocycles. The summed E-state index contributed by atoms with van der Waals surface area (Å²) in [6.07, 6.45) is -0.329. The summed E-state index contributed by atoms with van der Waals surface area (Å²) in [5.41, 5.74) is 3.22. The van der Waals surface area contributed by atoms with Crippen molar-refractivity contribution < 1.29 is 22.7 Å². The molecular weight excluding hydrogens is 435 g/mol. The summed E-state index contributed by atoms with van der Waals surface area (Å²) >= 11 is 0. The van der Waals surface area contributed by atoms with Gasteiger partial charge in [0, 0.05) is 37.3 Å². The van der Waals surface area contributed by atoms with E-state index in [-0.39, 0.29) is 17.6 Å². The second kappa shape index (κ2) is 8.66. The van der Waals surface area contributed by atoms with Crippen LogP contribution in [0.3, 0.4) is 0 Å². The maximum Gasteiger partial charge on any atom is 0.573 e. The number of pyridine rings is 1. The Kier molecular flexibility index (Phi) is 5.69. The number of hydrogen-bond donors (Lipinski definition) is 2. The van der Waals surface area contributed by atoms with Gasteiger partial charge in [-0.1, -0.05) is 0 Å². The maximum absolute atomic E-state index is 12.8. The lowest BCUT2D eigenvalue weighted by atomic mass is 9.89. The SMILES string of the molecule is O=C(c1ccc(OC(F)(F)F)cc1)N1CCC(c2ccnc3nc([C@H]4CCNC4)[nH]c23)CC1. The van der Waals surface area contributed by atoms with Crippen LogP contribution in [-0.2, 0) is 0 Å². The number of imidazole rings is 1. The zero-order valence-electron chi connectivity index (χ0n) is 17.9. The number of carbonyl (C=O) groups excluding carboxylic acids is 1. The number of H-pyrrole nitrogens is 1. The average Bonchev–Trinajstić information content (AvgIpc) is 3.48. The van der Waals surface area contributed by atoms with Gasteiger partial charge in [-0.3, -0.25) is 4.79 Å². The van der Waals surface area contributed by atoms with Crippen LogP contribution in [0.1, 0.15) is 52.8 Å². The zero-order chi connectivity index (χ0) is 23.0. The Balaban J connectivity index is 1.25. The number of nitrogens with one attached hydrogen (secondary N) is 2. The van der Waals surface area contributed by atoms with E-state index in [4.69, 9.17) is 4.98 Å². The molecule has 1 amide bonds. The van der Waals surface area contributed by atoms with Gasteiger partial charge in [-0.15, -0.1) is 13.2 Å². The van der Waals surface area contributed by atoms with E-state index in [2.05, 4.69) is 20.0 Å². The van der Waals surface area contributed by atoms with E-state index >= 15 is 0 Å². The third-order valence-electron chi connectivity index (χ3n) is 6.45. The van der Waals surface area contributed by atoms with Gasteiger partial charge >= 0.3 is 6.36 Å². The number of ether oxygens (including phenoxy) is 1. The molecule has 2 aromatic heterocycles.